The van der Waals surface area contributed by atoms with Gasteiger partial charge in [-0.25, -0.2) is 4.21 Å². The number of rotatable bonds is 3. The number of hydrogen-bond donors (Lipinski definition) is 1. The van der Waals surface area contributed by atoms with E-state index >= 15 is 0 Å². The molecule has 0 radical (unpaired) electrons. The summed E-state index contributed by atoms with van der Waals surface area (Å²) in [7, 11) is -0.719. The molecule has 0 aliphatic carbocycles. The van der Waals surface area contributed by atoms with E-state index in [4.69, 9.17) is 0 Å². The number of aromatic nitrogens is 1. The minimum atomic E-state index is -2.39. The molecule has 0 saturated heterocycles. The molecule has 0 fully saturated rings. The molecular weight excluding hydrogens is 230 g/mol. The maximum Gasteiger partial charge on any atom is 0.0871 e. The van der Waals surface area contributed by atoms with E-state index in [0.29, 0.717) is 10.6 Å². The lowest BCUT2D eigenvalue weighted by molar-refractivity contribution is 0.678. The molecule has 0 amide bonds. The van der Waals surface area contributed by atoms with Crippen molar-refractivity contribution in [2.24, 2.45) is 8.76 Å². The minimum Gasteiger partial charge on any atom is -0.294 e. The highest BCUT2D eigenvalue weighted by molar-refractivity contribution is 8.00. The van der Waals surface area contributed by atoms with Crippen LogP contribution in [-0.2, 0) is 9.73 Å². The second-order valence-corrected chi connectivity index (χ2v) is 5.80. The lowest BCUT2D eigenvalue weighted by Crippen LogP contribution is -2.03. The summed E-state index contributed by atoms with van der Waals surface area (Å²) in [6, 6.07) is 3.51. The third-order valence-electron chi connectivity index (χ3n) is 1.91. The smallest absolute Gasteiger partial charge is 0.0871 e. The average Bonchev–Trinajstić information content (AvgIpc) is 2.29. The van der Waals surface area contributed by atoms with Crippen LogP contribution in [0, 0.1) is 0 Å². The SMILES string of the molecule is CCS(=O)(=NS)c1ccc(C=NC)nc1. The van der Waals surface area contributed by atoms with E-state index < -0.39 is 9.73 Å². The van der Waals surface area contributed by atoms with Gasteiger partial charge in [0, 0.05) is 25.2 Å². The van der Waals surface area contributed by atoms with Gasteiger partial charge in [-0.15, -0.1) is 0 Å². The standard InChI is InChI=1S/C9H13N3OS2/c1-3-15(13,12-14)9-5-4-8(6-10-2)11-7-9/h4-7,14H,3H2,1-2H3. The van der Waals surface area contributed by atoms with Crippen molar-refractivity contribution in [1.82, 2.24) is 4.98 Å². The van der Waals surface area contributed by atoms with Gasteiger partial charge in [0.05, 0.1) is 20.3 Å². The first-order chi connectivity index (χ1) is 7.16. The Bertz CT molecular complexity index is 459. The molecule has 0 bridgehead atoms. The number of pyridine rings is 1. The summed E-state index contributed by atoms with van der Waals surface area (Å²) in [5.41, 5.74) is 0.735. The van der Waals surface area contributed by atoms with Crippen molar-refractivity contribution in [3.05, 3.63) is 24.0 Å². The van der Waals surface area contributed by atoms with Crippen molar-refractivity contribution >= 4 is 28.8 Å². The molecule has 1 unspecified atom stereocenters. The van der Waals surface area contributed by atoms with Crippen molar-refractivity contribution in [2.75, 3.05) is 12.8 Å². The van der Waals surface area contributed by atoms with E-state index in [9.17, 15) is 4.21 Å². The van der Waals surface area contributed by atoms with E-state index in [-0.39, 0.29) is 0 Å². The molecule has 6 heteroatoms. The summed E-state index contributed by atoms with van der Waals surface area (Å²) in [4.78, 5) is 8.55. The fourth-order valence-electron chi connectivity index (χ4n) is 1.06. The highest BCUT2D eigenvalue weighted by Crippen LogP contribution is 2.13. The fourth-order valence-corrected chi connectivity index (χ4v) is 2.73. The third kappa shape index (κ3) is 2.79. The predicted octanol–water partition coefficient (Wildman–Crippen LogP) is 1.82. The molecule has 0 saturated carbocycles. The summed E-state index contributed by atoms with van der Waals surface area (Å²) >= 11 is 3.76. The normalized spacial score (nSPS) is 15.1. The molecule has 1 aromatic rings. The number of thiol groups is 1. The van der Waals surface area contributed by atoms with Crippen LogP contribution < -0.4 is 0 Å². The van der Waals surface area contributed by atoms with Gasteiger partial charge in [0.1, 0.15) is 0 Å². The van der Waals surface area contributed by atoms with E-state index in [1.165, 1.54) is 0 Å². The lowest BCUT2D eigenvalue weighted by Gasteiger charge is -2.04. The van der Waals surface area contributed by atoms with E-state index in [1.807, 2.05) is 6.92 Å². The van der Waals surface area contributed by atoms with E-state index in [2.05, 4.69) is 26.6 Å². The van der Waals surface area contributed by atoms with Crippen LogP contribution in [0.25, 0.3) is 0 Å². The Morgan fingerprint density at radius 2 is 2.33 bits per heavy atom. The van der Waals surface area contributed by atoms with Gasteiger partial charge in [0.2, 0.25) is 0 Å². The van der Waals surface area contributed by atoms with Crippen LogP contribution in [0.15, 0.2) is 32.0 Å². The fraction of sp³-hybridized carbons (Fsp3) is 0.333. The van der Waals surface area contributed by atoms with E-state index in [1.54, 1.807) is 31.6 Å². The molecule has 0 aliphatic heterocycles. The summed E-state index contributed by atoms with van der Waals surface area (Å²) in [5.74, 6) is 0.430. The highest BCUT2D eigenvalue weighted by atomic mass is 32.2. The Morgan fingerprint density at radius 3 is 2.73 bits per heavy atom. The number of aliphatic imine (C=N–C) groups is 1. The largest absolute Gasteiger partial charge is 0.294 e. The monoisotopic (exact) mass is 243 g/mol. The summed E-state index contributed by atoms with van der Waals surface area (Å²) < 4.78 is 15.7. The summed E-state index contributed by atoms with van der Waals surface area (Å²) in [6.45, 7) is 1.81. The topological polar surface area (TPSA) is 54.7 Å². The number of nitrogens with zero attached hydrogens (tertiary/aromatic N) is 3. The molecule has 0 aliphatic rings. The Hall–Kier alpha value is -0.880. The van der Waals surface area contributed by atoms with Gasteiger partial charge in [-0.05, 0) is 24.9 Å². The van der Waals surface area contributed by atoms with Crippen molar-refractivity contribution < 1.29 is 4.21 Å². The molecular formula is C9H13N3OS2. The van der Waals surface area contributed by atoms with Crippen molar-refractivity contribution in [2.45, 2.75) is 11.8 Å². The Balaban J connectivity index is 3.15. The highest BCUT2D eigenvalue weighted by Gasteiger charge is 2.09. The maximum absolute atomic E-state index is 12.1. The molecule has 1 aromatic heterocycles. The van der Waals surface area contributed by atoms with Gasteiger partial charge in [-0.1, -0.05) is 6.92 Å². The zero-order valence-electron chi connectivity index (χ0n) is 8.62. The third-order valence-corrected chi connectivity index (χ3v) is 4.73. The average molecular weight is 243 g/mol. The first kappa shape index (κ1) is 12.2. The van der Waals surface area contributed by atoms with Gasteiger partial charge in [0.25, 0.3) is 0 Å². The van der Waals surface area contributed by atoms with Crippen LogP contribution in [0.3, 0.4) is 0 Å². The molecule has 15 heavy (non-hydrogen) atoms. The quantitative estimate of drug-likeness (QED) is 0.650. The van der Waals surface area contributed by atoms with Crippen LogP contribution in [0.2, 0.25) is 0 Å². The Kier molecular flexibility index (Phi) is 4.28. The molecule has 0 N–H and O–H groups in total. The van der Waals surface area contributed by atoms with Crippen LogP contribution in [-0.4, -0.2) is 28.2 Å². The first-order valence-electron chi connectivity index (χ1n) is 4.42. The van der Waals surface area contributed by atoms with Gasteiger partial charge in [-0.2, -0.15) is 3.77 Å². The van der Waals surface area contributed by atoms with Crippen LogP contribution in [0.4, 0.5) is 0 Å². The Morgan fingerprint density at radius 1 is 1.60 bits per heavy atom. The summed E-state index contributed by atoms with van der Waals surface area (Å²) in [5, 5.41) is 0. The van der Waals surface area contributed by atoms with Crippen molar-refractivity contribution in [1.29, 1.82) is 0 Å². The molecule has 1 heterocycles. The summed E-state index contributed by atoms with van der Waals surface area (Å²) in [6.07, 6.45) is 3.19. The van der Waals surface area contributed by atoms with Crippen LogP contribution >= 0.6 is 12.8 Å². The molecule has 4 nitrogen and oxygen atoms in total. The minimum absolute atomic E-state index is 0.430. The van der Waals surface area contributed by atoms with Gasteiger partial charge < -0.3 is 0 Å². The van der Waals surface area contributed by atoms with Gasteiger partial charge in [-0.3, -0.25) is 9.98 Å². The Labute approximate surface area is 95.6 Å². The molecule has 1 atom stereocenters. The van der Waals surface area contributed by atoms with Crippen LogP contribution in [0.1, 0.15) is 12.6 Å². The lowest BCUT2D eigenvalue weighted by atomic mass is 10.4. The van der Waals surface area contributed by atoms with Crippen molar-refractivity contribution in [3.63, 3.8) is 0 Å². The second-order valence-electron chi connectivity index (χ2n) is 2.82. The second kappa shape index (κ2) is 5.27. The first-order valence-corrected chi connectivity index (χ1v) is 6.51. The molecule has 82 valence electrons. The predicted molar refractivity (Wildman–Crippen MR) is 66.1 cm³/mol. The van der Waals surface area contributed by atoms with Crippen molar-refractivity contribution in [3.8, 4) is 0 Å². The van der Waals surface area contributed by atoms with E-state index in [0.717, 1.165) is 5.69 Å². The maximum atomic E-state index is 12.1. The zero-order chi connectivity index (χ0) is 11.3. The molecule has 0 aromatic carbocycles. The zero-order valence-corrected chi connectivity index (χ0v) is 10.3. The van der Waals surface area contributed by atoms with Gasteiger partial charge in [0.15, 0.2) is 0 Å². The molecule has 0 spiro atoms. The van der Waals surface area contributed by atoms with Crippen LogP contribution in [0.5, 0.6) is 0 Å². The van der Waals surface area contributed by atoms with Gasteiger partial charge >= 0.3 is 0 Å². The molecule has 1 rings (SSSR count). The number of hydrogen-bond acceptors (Lipinski definition) is 4.